The van der Waals surface area contributed by atoms with E-state index in [-0.39, 0.29) is 5.78 Å². The Morgan fingerprint density at radius 2 is 2.19 bits per heavy atom. The Balaban J connectivity index is 2.13. The van der Waals surface area contributed by atoms with E-state index in [2.05, 4.69) is 0 Å². The molecule has 0 bridgehead atoms. The number of ether oxygens (including phenoxy) is 1. The molecule has 0 aromatic heterocycles. The number of halogens is 1. The van der Waals surface area contributed by atoms with Gasteiger partial charge in [-0.05, 0) is 12.5 Å². The van der Waals surface area contributed by atoms with Crippen molar-refractivity contribution in [3.63, 3.8) is 0 Å². The Morgan fingerprint density at radius 1 is 1.50 bits per heavy atom. The lowest BCUT2D eigenvalue weighted by molar-refractivity contribution is -0.145. The summed E-state index contributed by atoms with van der Waals surface area (Å²) in [5.41, 5.74) is 1.56. The van der Waals surface area contributed by atoms with Gasteiger partial charge in [0, 0.05) is 12.0 Å². The van der Waals surface area contributed by atoms with Crippen LogP contribution in [0.15, 0.2) is 24.3 Å². The van der Waals surface area contributed by atoms with Crippen molar-refractivity contribution in [3.05, 3.63) is 35.4 Å². The molecule has 2 atom stereocenters. The van der Waals surface area contributed by atoms with Crippen molar-refractivity contribution >= 4 is 23.4 Å². The number of alkyl halides is 1. The number of hydrogen-bond acceptors (Lipinski definition) is 3. The second-order valence-corrected chi connectivity index (χ2v) is 4.42. The molecule has 0 N–H and O–H groups in total. The first kappa shape index (κ1) is 11.1. The van der Waals surface area contributed by atoms with Gasteiger partial charge in [-0.2, -0.15) is 0 Å². The highest BCUT2D eigenvalue weighted by Gasteiger charge is 2.33. The first-order chi connectivity index (χ1) is 7.59. The van der Waals surface area contributed by atoms with Crippen LogP contribution in [-0.2, 0) is 16.0 Å². The maximum Gasteiger partial charge on any atom is 0.324 e. The first-order valence-electron chi connectivity index (χ1n) is 5.06. The van der Waals surface area contributed by atoms with Crippen molar-refractivity contribution in [2.75, 3.05) is 0 Å². The zero-order valence-electron chi connectivity index (χ0n) is 8.77. The Bertz CT molecular complexity index is 440. The van der Waals surface area contributed by atoms with E-state index in [1.165, 1.54) is 6.92 Å². The third-order valence-electron chi connectivity index (χ3n) is 2.56. The van der Waals surface area contributed by atoms with E-state index >= 15 is 0 Å². The number of hydrogen-bond donors (Lipinski definition) is 0. The number of carbonyl (C=O) groups is 2. The summed E-state index contributed by atoms with van der Waals surface area (Å²) in [7, 11) is 0. The van der Waals surface area contributed by atoms with E-state index in [0.29, 0.717) is 12.0 Å². The Hall–Kier alpha value is -1.35. The molecule has 84 valence electrons. The predicted molar refractivity (Wildman–Crippen MR) is 59.7 cm³/mol. The van der Waals surface area contributed by atoms with Crippen LogP contribution in [0.2, 0.25) is 0 Å². The molecule has 0 amide bonds. The number of fused-ring (bicyclic) bond motifs is 1. The molecule has 0 aliphatic heterocycles. The molecule has 0 saturated heterocycles. The van der Waals surface area contributed by atoms with Crippen LogP contribution in [0.1, 0.15) is 22.8 Å². The lowest BCUT2D eigenvalue weighted by Gasteiger charge is -2.11. The minimum absolute atomic E-state index is 0.138. The third-order valence-corrected chi connectivity index (χ3v) is 2.74. The van der Waals surface area contributed by atoms with Crippen molar-refractivity contribution in [1.29, 1.82) is 0 Å². The van der Waals surface area contributed by atoms with Gasteiger partial charge in [0.25, 0.3) is 0 Å². The summed E-state index contributed by atoms with van der Waals surface area (Å²) in [5.74, 6) is -0.686. The predicted octanol–water partition coefficient (Wildman–Crippen LogP) is 1.96. The summed E-state index contributed by atoms with van der Waals surface area (Å²) in [6.45, 7) is 1.52. The number of ketones is 1. The molecule has 0 fully saturated rings. The van der Waals surface area contributed by atoms with Gasteiger partial charge in [-0.15, -0.1) is 11.6 Å². The fourth-order valence-corrected chi connectivity index (χ4v) is 1.79. The third kappa shape index (κ3) is 1.95. The molecule has 2 rings (SSSR count). The molecule has 0 spiro atoms. The van der Waals surface area contributed by atoms with Crippen LogP contribution in [-0.4, -0.2) is 23.2 Å². The van der Waals surface area contributed by atoms with Gasteiger partial charge in [-0.1, -0.05) is 24.3 Å². The van der Waals surface area contributed by atoms with Crippen LogP contribution in [0.5, 0.6) is 0 Å². The zero-order chi connectivity index (χ0) is 11.7. The SMILES string of the molecule is CC(Cl)C(=O)OC1Cc2ccccc2C1=O. The molecule has 1 aliphatic rings. The quantitative estimate of drug-likeness (QED) is 0.584. The highest BCUT2D eigenvalue weighted by Crippen LogP contribution is 2.24. The largest absolute Gasteiger partial charge is 0.453 e. The Morgan fingerprint density at radius 3 is 2.81 bits per heavy atom. The standard InChI is InChI=1S/C12H11ClO3/c1-7(13)12(15)16-10-6-8-4-2-3-5-9(8)11(10)14/h2-5,7,10H,6H2,1H3. The van der Waals surface area contributed by atoms with Crippen molar-refractivity contribution < 1.29 is 14.3 Å². The van der Waals surface area contributed by atoms with Crippen molar-refractivity contribution in [1.82, 2.24) is 0 Å². The fraction of sp³-hybridized carbons (Fsp3) is 0.333. The number of rotatable bonds is 2. The van der Waals surface area contributed by atoms with E-state index in [9.17, 15) is 9.59 Å². The molecule has 16 heavy (non-hydrogen) atoms. The number of benzene rings is 1. The second kappa shape index (κ2) is 4.26. The van der Waals surface area contributed by atoms with Crippen LogP contribution in [0.25, 0.3) is 0 Å². The van der Waals surface area contributed by atoms with Crippen molar-refractivity contribution in [2.45, 2.75) is 24.8 Å². The fourth-order valence-electron chi connectivity index (χ4n) is 1.73. The van der Waals surface area contributed by atoms with E-state index in [1.807, 2.05) is 12.1 Å². The minimum Gasteiger partial charge on any atom is -0.453 e. The molecule has 0 heterocycles. The molecular formula is C12H11ClO3. The van der Waals surface area contributed by atoms with Crippen LogP contribution < -0.4 is 0 Å². The molecule has 0 saturated carbocycles. The summed E-state index contributed by atoms with van der Waals surface area (Å²) < 4.78 is 5.05. The number of Topliss-reactive ketones (excluding diaryl/α,β-unsaturated/α-hetero) is 1. The maximum absolute atomic E-state index is 11.8. The number of esters is 1. The highest BCUT2D eigenvalue weighted by molar-refractivity contribution is 6.29. The molecule has 4 heteroatoms. The summed E-state index contributed by atoms with van der Waals surface area (Å²) in [6.07, 6.45) is -0.254. The molecule has 1 aliphatic carbocycles. The molecular weight excluding hydrogens is 228 g/mol. The topological polar surface area (TPSA) is 43.4 Å². The van der Waals surface area contributed by atoms with E-state index in [1.54, 1.807) is 12.1 Å². The van der Waals surface area contributed by atoms with Gasteiger partial charge in [0.05, 0.1) is 0 Å². The van der Waals surface area contributed by atoms with Crippen molar-refractivity contribution in [3.8, 4) is 0 Å². The lowest BCUT2D eigenvalue weighted by Crippen LogP contribution is -2.27. The van der Waals surface area contributed by atoms with Crippen LogP contribution in [0.3, 0.4) is 0 Å². The van der Waals surface area contributed by atoms with Gasteiger partial charge in [0.15, 0.2) is 6.10 Å². The van der Waals surface area contributed by atoms with Gasteiger partial charge >= 0.3 is 5.97 Å². The van der Waals surface area contributed by atoms with Gasteiger partial charge < -0.3 is 4.74 Å². The van der Waals surface area contributed by atoms with Gasteiger partial charge in [0.2, 0.25) is 5.78 Å². The normalized spacial score (nSPS) is 20.4. The minimum atomic E-state index is -0.725. The van der Waals surface area contributed by atoms with Gasteiger partial charge in [0.1, 0.15) is 5.38 Å². The molecule has 1 aromatic rings. The smallest absolute Gasteiger partial charge is 0.324 e. The summed E-state index contributed by atoms with van der Waals surface area (Å²) in [4.78, 5) is 23.1. The first-order valence-corrected chi connectivity index (χ1v) is 5.50. The summed E-state index contributed by atoms with van der Waals surface area (Å²) >= 11 is 5.58. The molecule has 3 nitrogen and oxygen atoms in total. The molecule has 2 unspecified atom stereocenters. The maximum atomic E-state index is 11.8. The zero-order valence-corrected chi connectivity index (χ0v) is 9.53. The summed E-state index contributed by atoms with van der Waals surface area (Å²) in [6, 6.07) is 7.27. The monoisotopic (exact) mass is 238 g/mol. The van der Waals surface area contributed by atoms with E-state index < -0.39 is 17.5 Å². The molecule has 1 aromatic carbocycles. The van der Waals surface area contributed by atoms with E-state index in [4.69, 9.17) is 16.3 Å². The summed E-state index contributed by atoms with van der Waals surface area (Å²) in [5, 5.41) is -0.725. The second-order valence-electron chi connectivity index (χ2n) is 3.77. The van der Waals surface area contributed by atoms with Gasteiger partial charge in [-0.3, -0.25) is 9.59 Å². The van der Waals surface area contributed by atoms with Crippen LogP contribution >= 0.6 is 11.6 Å². The van der Waals surface area contributed by atoms with Crippen molar-refractivity contribution in [2.24, 2.45) is 0 Å². The Kier molecular flexibility index (Phi) is 2.97. The number of carbonyl (C=O) groups excluding carboxylic acids is 2. The average molecular weight is 239 g/mol. The highest BCUT2D eigenvalue weighted by atomic mass is 35.5. The van der Waals surface area contributed by atoms with Crippen LogP contribution in [0.4, 0.5) is 0 Å². The average Bonchev–Trinajstić information content (AvgIpc) is 2.56. The molecule has 0 radical (unpaired) electrons. The lowest BCUT2D eigenvalue weighted by atomic mass is 10.1. The van der Waals surface area contributed by atoms with Gasteiger partial charge in [-0.25, -0.2) is 0 Å². The van der Waals surface area contributed by atoms with E-state index in [0.717, 1.165) is 5.56 Å². The Labute approximate surface area is 98.4 Å². The van der Waals surface area contributed by atoms with Crippen LogP contribution in [0, 0.1) is 0 Å².